The van der Waals surface area contributed by atoms with Crippen LogP contribution in [0, 0.1) is 0 Å². The molecule has 0 fully saturated rings. The molecule has 0 atom stereocenters. The normalized spacial score (nSPS) is 10.5. The summed E-state index contributed by atoms with van der Waals surface area (Å²) >= 11 is 0. The van der Waals surface area contributed by atoms with Crippen LogP contribution in [0.15, 0.2) is 28.8 Å². The number of nitrogens with two attached hydrogens (primary N) is 1. The lowest BCUT2D eigenvalue weighted by molar-refractivity contribution is 0.177. The van der Waals surface area contributed by atoms with E-state index in [0.717, 1.165) is 16.9 Å². The van der Waals surface area contributed by atoms with E-state index in [2.05, 4.69) is 5.16 Å². The summed E-state index contributed by atoms with van der Waals surface area (Å²) in [4.78, 5) is 0. The molecule has 5 nitrogen and oxygen atoms in total. The van der Waals surface area contributed by atoms with E-state index in [9.17, 15) is 0 Å². The molecular formula is C12H14N2O3. The Kier molecular flexibility index (Phi) is 3.30. The van der Waals surface area contributed by atoms with E-state index in [-0.39, 0.29) is 5.88 Å². The Balaban J connectivity index is 2.55. The fourth-order valence-corrected chi connectivity index (χ4v) is 1.71. The minimum Gasteiger partial charge on any atom is -0.496 e. The summed E-state index contributed by atoms with van der Waals surface area (Å²) in [5.41, 5.74) is 8.02. The van der Waals surface area contributed by atoms with Gasteiger partial charge in [0.15, 0.2) is 0 Å². The first-order valence-electron chi connectivity index (χ1n) is 5.14. The molecule has 0 saturated carbocycles. The van der Waals surface area contributed by atoms with E-state index in [4.69, 9.17) is 19.7 Å². The quantitative estimate of drug-likeness (QED) is 0.876. The number of hydrogen-bond acceptors (Lipinski definition) is 5. The Hall–Kier alpha value is -2.01. The van der Waals surface area contributed by atoms with Crippen LogP contribution < -0.4 is 10.5 Å². The third-order valence-corrected chi connectivity index (χ3v) is 2.45. The van der Waals surface area contributed by atoms with Crippen LogP contribution in [0.1, 0.15) is 5.69 Å². The zero-order chi connectivity index (χ0) is 12.3. The average molecular weight is 234 g/mol. The standard InChI is InChI=1S/C12H14N2O3/c1-15-7-9-11(12(13)17-14-9)8-5-3-4-6-10(8)16-2/h3-6H,7,13H2,1-2H3. The Labute approximate surface area is 99.1 Å². The Morgan fingerprint density at radius 1 is 1.29 bits per heavy atom. The second-order valence-corrected chi connectivity index (χ2v) is 3.50. The fraction of sp³-hybridized carbons (Fsp3) is 0.250. The number of anilines is 1. The van der Waals surface area contributed by atoms with Gasteiger partial charge in [-0.05, 0) is 6.07 Å². The molecule has 1 heterocycles. The van der Waals surface area contributed by atoms with Gasteiger partial charge in [0.2, 0.25) is 5.88 Å². The molecule has 0 unspecified atom stereocenters. The molecule has 0 aliphatic rings. The van der Waals surface area contributed by atoms with Crippen molar-refractivity contribution in [1.82, 2.24) is 5.16 Å². The van der Waals surface area contributed by atoms with Crippen LogP contribution in [0.25, 0.3) is 11.1 Å². The highest BCUT2D eigenvalue weighted by molar-refractivity contribution is 5.79. The molecule has 1 aromatic heterocycles. The first kappa shape index (κ1) is 11.5. The highest BCUT2D eigenvalue weighted by Gasteiger charge is 2.18. The highest BCUT2D eigenvalue weighted by atomic mass is 16.5. The number of rotatable bonds is 4. The van der Waals surface area contributed by atoms with Crippen LogP contribution in [-0.4, -0.2) is 19.4 Å². The number of hydrogen-bond donors (Lipinski definition) is 1. The zero-order valence-corrected chi connectivity index (χ0v) is 9.77. The fourth-order valence-electron chi connectivity index (χ4n) is 1.71. The molecule has 1 aromatic carbocycles. The number of nitrogen functional groups attached to an aromatic ring is 1. The van der Waals surface area contributed by atoms with Crippen molar-refractivity contribution in [2.24, 2.45) is 0 Å². The maximum atomic E-state index is 5.79. The summed E-state index contributed by atoms with van der Waals surface area (Å²) in [6.07, 6.45) is 0. The average Bonchev–Trinajstić information content (AvgIpc) is 2.71. The Morgan fingerprint density at radius 3 is 2.76 bits per heavy atom. The number of benzene rings is 1. The lowest BCUT2D eigenvalue weighted by atomic mass is 10.0. The third kappa shape index (κ3) is 2.09. The van der Waals surface area contributed by atoms with Crippen LogP contribution in [0.2, 0.25) is 0 Å². The monoisotopic (exact) mass is 234 g/mol. The molecule has 0 saturated heterocycles. The first-order valence-corrected chi connectivity index (χ1v) is 5.14. The molecule has 0 amide bonds. The van der Waals surface area contributed by atoms with Crippen molar-refractivity contribution >= 4 is 5.88 Å². The van der Waals surface area contributed by atoms with E-state index >= 15 is 0 Å². The largest absolute Gasteiger partial charge is 0.496 e. The van der Waals surface area contributed by atoms with E-state index in [1.54, 1.807) is 14.2 Å². The summed E-state index contributed by atoms with van der Waals surface area (Å²) in [6.45, 7) is 0.341. The van der Waals surface area contributed by atoms with E-state index in [0.29, 0.717) is 12.3 Å². The van der Waals surface area contributed by atoms with Crippen molar-refractivity contribution in [1.29, 1.82) is 0 Å². The van der Waals surface area contributed by atoms with Crippen LogP contribution in [0.5, 0.6) is 5.75 Å². The SMILES string of the molecule is COCc1noc(N)c1-c1ccccc1OC. The summed E-state index contributed by atoms with van der Waals surface area (Å²) in [6, 6.07) is 7.56. The summed E-state index contributed by atoms with van der Waals surface area (Å²) < 4.78 is 15.3. The van der Waals surface area contributed by atoms with Gasteiger partial charge in [0.25, 0.3) is 0 Å². The smallest absolute Gasteiger partial charge is 0.230 e. The van der Waals surface area contributed by atoms with Crippen molar-refractivity contribution in [3.63, 3.8) is 0 Å². The molecule has 2 N–H and O–H groups in total. The predicted octanol–water partition coefficient (Wildman–Crippen LogP) is 2.08. The van der Waals surface area contributed by atoms with Gasteiger partial charge in [-0.3, -0.25) is 0 Å². The van der Waals surface area contributed by atoms with Crippen LogP contribution in [-0.2, 0) is 11.3 Å². The minimum atomic E-state index is 0.265. The molecule has 90 valence electrons. The molecule has 0 aliphatic carbocycles. The molecule has 2 rings (SSSR count). The zero-order valence-electron chi connectivity index (χ0n) is 9.77. The van der Waals surface area contributed by atoms with E-state index < -0.39 is 0 Å². The number of methoxy groups -OCH3 is 2. The van der Waals surface area contributed by atoms with Gasteiger partial charge >= 0.3 is 0 Å². The van der Waals surface area contributed by atoms with Gasteiger partial charge in [-0.1, -0.05) is 23.4 Å². The molecule has 5 heteroatoms. The molecule has 0 bridgehead atoms. The Bertz CT molecular complexity index is 508. The van der Waals surface area contributed by atoms with Gasteiger partial charge in [-0.25, -0.2) is 0 Å². The number of nitrogens with zero attached hydrogens (tertiary/aromatic N) is 1. The minimum absolute atomic E-state index is 0.265. The lowest BCUT2D eigenvalue weighted by Gasteiger charge is -2.07. The second kappa shape index (κ2) is 4.88. The van der Waals surface area contributed by atoms with Crippen molar-refractivity contribution in [3.05, 3.63) is 30.0 Å². The summed E-state index contributed by atoms with van der Waals surface area (Å²) in [5, 5.41) is 3.88. The molecule has 0 spiro atoms. The second-order valence-electron chi connectivity index (χ2n) is 3.50. The summed E-state index contributed by atoms with van der Waals surface area (Å²) in [5.74, 6) is 0.987. The Morgan fingerprint density at radius 2 is 2.06 bits per heavy atom. The predicted molar refractivity (Wildman–Crippen MR) is 63.6 cm³/mol. The van der Waals surface area contributed by atoms with Crippen molar-refractivity contribution in [2.45, 2.75) is 6.61 Å². The van der Waals surface area contributed by atoms with Crippen LogP contribution >= 0.6 is 0 Å². The van der Waals surface area contributed by atoms with E-state index in [1.165, 1.54) is 0 Å². The van der Waals surface area contributed by atoms with Crippen LogP contribution in [0.4, 0.5) is 5.88 Å². The number of ether oxygens (including phenoxy) is 2. The van der Waals surface area contributed by atoms with Crippen molar-refractivity contribution < 1.29 is 14.0 Å². The summed E-state index contributed by atoms with van der Waals surface area (Å²) in [7, 11) is 3.20. The first-order chi connectivity index (χ1) is 8.27. The van der Waals surface area contributed by atoms with Gasteiger partial charge in [-0.15, -0.1) is 0 Å². The molecule has 0 radical (unpaired) electrons. The third-order valence-electron chi connectivity index (χ3n) is 2.45. The topological polar surface area (TPSA) is 70.5 Å². The van der Waals surface area contributed by atoms with Crippen LogP contribution in [0.3, 0.4) is 0 Å². The van der Waals surface area contributed by atoms with Gasteiger partial charge in [0.1, 0.15) is 11.4 Å². The molecular weight excluding hydrogens is 220 g/mol. The number of aromatic nitrogens is 1. The number of para-hydroxylation sites is 1. The van der Waals surface area contributed by atoms with E-state index in [1.807, 2.05) is 24.3 Å². The molecule has 17 heavy (non-hydrogen) atoms. The molecule has 2 aromatic rings. The lowest BCUT2D eigenvalue weighted by Crippen LogP contribution is -1.95. The maximum absolute atomic E-state index is 5.79. The van der Waals surface area contributed by atoms with Gasteiger partial charge in [-0.2, -0.15) is 0 Å². The van der Waals surface area contributed by atoms with Crippen molar-refractivity contribution in [2.75, 3.05) is 20.0 Å². The highest BCUT2D eigenvalue weighted by Crippen LogP contribution is 2.36. The van der Waals surface area contributed by atoms with Gasteiger partial charge in [0, 0.05) is 12.7 Å². The maximum Gasteiger partial charge on any atom is 0.230 e. The molecule has 0 aliphatic heterocycles. The van der Waals surface area contributed by atoms with Crippen molar-refractivity contribution in [3.8, 4) is 16.9 Å². The van der Waals surface area contributed by atoms with Gasteiger partial charge < -0.3 is 19.7 Å². The van der Waals surface area contributed by atoms with Gasteiger partial charge in [0.05, 0.1) is 19.3 Å².